The van der Waals surface area contributed by atoms with Gasteiger partial charge in [0, 0.05) is 23.2 Å². The van der Waals surface area contributed by atoms with Crippen molar-refractivity contribution < 1.29 is 27.5 Å². The molecule has 0 spiro atoms. The number of anilines is 1. The summed E-state index contributed by atoms with van der Waals surface area (Å²) in [5.74, 6) is 0.118. The van der Waals surface area contributed by atoms with Gasteiger partial charge in [0.1, 0.15) is 18.4 Å². The van der Waals surface area contributed by atoms with E-state index in [4.69, 9.17) is 4.74 Å². The minimum atomic E-state index is -4.41. The highest BCUT2D eigenvalue weighted by Gasteiger charge is 2.43. The topological polar surface area (TPSA) is 66.0 Å². The third kappa shape index (κ3) is 5.64. The van der Waals surface area contributed by atoms with Crippen molar-refractivity contribution in [2.24, 2.45) is 0 Å². The van der Waals surface area contributed by atoms with Crippen LogP contribution in [-0.4, -0.2) is 64.5 Å². The Kier molecular flexibility index (Phi) is 7.32. The first-order valence-electron chi connectivity index (χ1n) is 11.0. The van der Waals surface area contributed by atoms with Crippen molar-refractivity contribution >= 4 is 29.4 Å². The Morgan fingerprint density at radius 1 is 1.12 bits per heavy atom. The number of amides is 3. The molecule has 2 fully saturated rings. The average Bonchev–Trinajstić information content (AvgIpc) is 3.38. The minimum Gasteiger partial charge on any atom is -0.490 e. The Morgan fingerprint density at radius 2 is 1.82 bits per heavy atom. The van der Waals surface area contributed by atoms with Crippen LogP contribution in [0.2, 0.25) is 0 Å². The summed E-state index contributed by atoms with van der Waals surface area (Å²) in [6.07, 6.45) is 5.59. The van der Waals surface area contributed by atoms with E-state index in [0.717, 1.165) is 30.1 Å². The second kappa shape index (κ2) is 10.2. The van der Waals surface area contributed by atoms with Crippen LogP contribution in [0.25, 0.3) is 0 Å². The predicted octanol–water partition coefficient (Wildman–Crippen LogP) is 4.53. The Hall–Kier alpha value is -2.79. The normalized spacial score (nSPS) is 19.4. The van der Waals surface area contributed by atoms with Crippen LogP contribution in [0.15, 0.2) is 47.6 Å². The van der Waals surface area contributed by atoms with Crippen LogP contribution >= 0.6 is 11.8 Å². The number of ether oxygens (including phenoxy) is 1. The Balaban J connectivity index is 1.44. The van der Waals surface area contributed by atoms with Gasteiger partial charge in [-0.1, -0.05) is 0 Å². The van der Waals surface area contributed by atoms with Crippen molar-refractivity contribution in [2.45, 2.75) is 42.8 Å². The van der Waals surface area contributed by atoms with E-state index >= 15 is 0 Å². The molecule has 3 amide bonds. The molecule has 1 aromatic carbocycles. The Labute approximate surface area is 199 Å². The molecule has 11 heteroatoms. The molecule has 1 atom stereocenters. The van der Waals surface area contributed by atoms with Crippen LogP contribution in [0.1, 0.15) is 25.3 Å². The van der Waals surface area contributed by atoms with Crippen molar-refractivity contribution in [1.29, 1.82) is 0 Å². The number of thioether (sulfide) groups is 1. The van der Waals surface area contributed by atoms with Gasteiger partial charge in [-0.25, -0.2) is 9.69 Å². The molecule has 0 N–H and O–H groups in total. The maximum atomic E-state index is 13.1. The van der Waals surface area contributed by atoms with Crippen molar-refractivity contribution in [3.8, 4) is 5.75 Å². The SMILES string of the molecule is CC1C(=O)N(c2ccc(SC(F)(F)F)cc2)C(=O)N1Cc1ccncc1OCCN1CCCC1. The summed E-state index contributed by atoms with van der Waals surface area (Å²) in [6.45, 7) is 5.21. The number of carbonyl (C=O) groups is 2. The molecule has 0 saturated carbocycles. The van der Waals surface area contributed by atoms with E-state index in [0.29, 0.717) is 12.4 Å². The van der Waals surface area contributed by atoms with Crippen LogP contribution in [0, 0.1) is 0 Å². The fourth-order valence-corrected chi connectivity index (χ4v) is 4.63. The van der Waals surface area contributed by atoms with Gasteiger partial charge >= 0.3 is 11.5 Å². The van der Waals surface area contributed by atoms with E-state index < -0.39 is 23.5 Å². The van der Waals surface area contributed by atoms with E-state index in [-0.39, 0.29) is 28.9 Å². The molecule has 2 aliphatic heterocycles. The number of aromatic nitrogens is 1. The molecule has 2 aromatic rings. The zero-order valence-electron chi connectivity index (χ0n) is 18.6. The van der Waals surface area contributed by atoms with Crippen LogP contribution < -0.4 is 9.64 Å². The number of pyridine rings is 1. The van der Waals surface area contributed by atoms with Gasteiger partial charge in [0.05, 0.1) is 18.4 Å². The zero-order chi connectivity index (χ0) is 24.3. The lowest BCUT2D eigenvalue weighted by Crippen LogP contribution is -2.33. The van der Waals surface area contributed by atoms with Gasteiger partial charge in [0.25, 0.3) is 5.91 Å². The maximum Gasteiger partial charge on any atom is 0.446 e. The summed E-state index contributed by atoms with van der Waals surface area (Å²) in [5.41, 5.74) is -3.46. The number of hydrogen-bond acceptors (Lipinski definition) is 6. The highest BCUT2D eigenvalue weighted by molar-refractivity contribution is 8.00. The summed E-state index contributed by atoms with van der Waals surface area (Å²) in [7, 11) is 0. The number of rotatable bonds is 8. The van der Waals surface area contributed by atoms with Crippen LogP contribution in [-0.2, 0) is 11.3 Å². The summed E-state index contributed by atoms with van der Waals surface area (Å²) >= 11 is -0.249. The van der Waals surface area contributed by atoms with Gasteiger partial charge in [-0.2, -0.15) is 13.2 Å². The number of urea groups is 1. The second-order valence-electron chi connectivity index (χ2n) is 8.18. The van der Waals surface area contributed by atoms with Crippen LogP contribution in [0.5, 0.6) is 5.75 Å². The molecular weight excluding hydrogens is 469 g/mol. The predicted molar refractivity (Wildman–Crippen MR) is 122 cm³/mol. The molecule has 0 radical (unpaired) electrons. The average molecular weight is 495 g/mol. The summed E-state index contributed by atoms with van der Waals surface area (Å²) in [5, 5.41) is 0. The molecule has 4 rings (SSSR count). The number of likely N-dealkylation sites (tertiary alicyclic amines) is 1. The fraction of sp³-hybridized carbons (Fsp3) is 0.435. The first kappa shape index (κ1) is 24.3. The number of nitrogens with zero attached hydrogens (tertiary/aromatic N) is 4. The smallest absolute Gasteiger partial charge is 0.446 e. The lowest BCUT2D eigenvalue weighted by atomic mass is 10.2. The number of halogens is 3. The summed E-state index contributed by atoms with van der Waals surface area (Å²) < 4.78 is 43.7. The third-order valence-electron chi connectivity index (χ3n) is 5.89. The minimum absolute atomic E-state index is 0.0206. The van der Waals surface area contributed by atoms with E-state index in [1.807, 2.05) is 0 Å². The van der Waals surface area contributed by atoms with Gasteiger partial charge in [0.2, 0.25) is 0 Å². The van der Waals surface area contributed by atoms with Crippen molar-refractivity contribution in [1.82, 2.24) is 14.8 Å². The highest BCUT2D eigenvalue weighted by atomic mass is 32.2. The summed E-state index contributed by atoms with van der Waals surface area (Å²) in [6, 6.07) is 5.67. The number of carbonyl (C=O) groups excluding carboxylic acids is 2. The third-order valence-corrected chi connectivity index (χ3v) is 6.62. The molecule has 2 saturated heterocycles. The molecule has 1 aromatic heterocycles. The van der Waals surface area contributed by atoms with Gasteiger partial charge < -0.3 is 9.64 Å². The second-order valence-corrected chi connectivity index (χ2v) is 9.32. The molecule has 1 unspecified atom stereocenters. The van der Waals surface area contributed by atoms with Crippen molar-refractivity contribution in [3.63, 3.8) is 0 Å². The van der Waals surface area contributed by atoms with Gasteiger partial charge in [-0.15, -0.1) is 0 Å². The monoisotopic (exact) mass is 494 g/mol. The van der Waals surface area contributed by atoms with E-state index in [1.165, 1.54) is 42.0 Å². The molecular formula is C23H25F3N4O3S. The van der Waals surface area contributed by atoms with E-state index in [9.17, 15) is 22.8 Å². The Morgan fingerprint density at radius 3 is 2.50 bits per heavy atom. The molecule has 2 aliphatic rings. The summed E-state index contributed by atoms with van der Waals surface area (Å²) in [4.78, 5) is 34.8. The first-order chi connectivity index (χ1) is 16.2. The van der Waals surface area contributed by atoms with Crippen LogP contribution in [0.4, 0.5) is 23.7 Å². The molecule has 7 nitrogen and oxygen atoms in total. The number of benzene rings is 1. The zero-order valence-corrected chi connectivity index (χ0v) is 19.4. The standard InChI is InChI=1S/C23H25F3N4O3S/c1-16-21(31)30(18-4-6-19(7-5-18)34-23(24,25)26)22(32)29(16)15-17-8-9-27-14-20(17)33-13-12-28-10-2-3-11-28/h4-9,14,16H,2-3,10-13,15H2,1H3. The lowest BCUT2D eigenvalue weighted by molar-refractivity contribution is -0.119. The van der Waals surface area contributed by atoms with E-state index in [2.05, 4.69) is 9.88 Å². The lowest BCUT2D eigenvalue weighted by Gasteiger charge is -2.21. The first-order valence-corrected chi connectivity index (χ1v) is 11.8. The molecule has 34 heavy (non-hydrogen) atoms. The highest BCUT2D eigenvalue weighted by Crippen LogP contribution is 2.38. The van der Waals surface area contributed by atoms with E-state index in [1.54, 1.807) is 25.4 Å². The van der Waals surface area contributed by atoms with Gasteiger partial charge in [-0.05, 0) is 74.9 Å². The molecule has 0 bridgehead atoms. The van der Waals surface area contributed by atoms with Crippen LogP contribution in [0.3, 0.4) is 0 Å². The van der Waals surface area contributed by atoms with Crippen molar-refractivity contribution in [2.75, 3.05) is 31.1 Å². The Bertz CT molecular complexity index is 1030. The van der Waals surface area contributed by atoms with Gasteiger partial charge in [-0.3, -0.25) is 14.7 Å². The van der Waals surface area contributed by atoms with Crippen molar-refractivity contribution in [3.05, 3.63) is 48.3 Å². The maximum absolute atomic E-state index is 13.1. The number of imide groups is 1. The number of alkyl halides is 3. The quantitative estimate of drug-likeness (QED) is 0.397. The number of hydrogen-bond donors (Lipinski definition) is 0. The fourth-order valence-electron chi connectivity index (χ4n) is 4.09. The van der Waals surface area contributed by atoms with Gasteiger partial charge in [0.15, 0.2) is 0 Å². The largest absolute Gasteiger partial charge is 0.490 e. The molecule has 182 valence electrons. The molecule has 3 heterocycles. The molecule has 0 aliphatic carbocycles.